The molecule has 0 saturated carbocycles. The average molecular weight is 393 g/mol. The summed E-state index contributed by atoms with van der Waals surface area (Å²) in [6.07, 6.45) is 3.12. The lowest BCUT2D eigenvalue weighted by molar-refractivity contribution is 0.163. The molecular weight excluding hydrogens is 363 g/mol. The summed E-state index contributed by atoms with van der Waals surface area (Å²) in [6.45, 7) is 9.48. The molecule has 27 heavy (non-hydrogen) atoms. The summed E-state index contributed by atoms with van der Waals surface area (Å²) in [5, 5.41) is 11.2. The first-order valence-corrected chi connectivity index (χ1v) is 9.77. The number of piperidine rings is 1. The van der Waals surface area contributed by atoms with Crippen molar-refractivity contribution in [2.75, 3.05) is 37.8 Å². The smallest absolute Gasteiger partial charge is 0.181 e. The number of alkyl halides is 1. The number of benzene rings is 1. The number of hydrogen-bond acceptors (Lipinski definition) is 6. The van der Waals surface area contributed by atoms with Crippen LogP contribution in [0.25, 0.3) is 12.8 Å². The Morgan fingerprint density at radius 1 is 1.44 bits per heavy atom. The van der Waals surface area contributed by atoms with Gasteiger partial charge in [-0.25, -0.2) is 9.37 Å². The molecule has 7 heteroatoms. The third kappa shape index (κ3) is 5.94. The molecule has 0 radical (unpaired) electrons. The second-order valence-electron chi connectivity index (χ2n) is 7.05. The molecule has 1 saturated heterocycles. The fraction of sp³-hybridized carbons (Fsp3) is 0.450. The maximum Gasteiger partial charge on any atom is 0.181 e. The molecule has 0 amide bonds. The first-order chi connectivity index (χ1) is 12.7. The predicted molar refractivity (Wildman–Crippen MR) is 113 cm³/mol. The molecule has 0 bridgehead atoms. The van der Waals surface area contributed by atoms with Gasteiger partial charge in [-0.1, -0.05) is 24.0 Å². The zero-order valence-electron chi connectivity index (χ0n) is 16.5. The number of nitrogens with two attached hydrogens (primary N) is 1. The van der Waals surface area contributed by atoms with Crippen LogP contribution in [-0.4, -0.2) is 48.3 Å². The van der Waals surface area contributed by atoms with Crippen LogP contribution in [0.3, 0.4) is 0 Å². The maximum atomic E-state index is 12.4. The van der Waals surface area contributed by atoms with E-state index in [9.17, 15) is 9.50 Å². The lowest BCUT2D eigenvalue weighted by Crippen LogP contribution is -2.32. The predicted octanol–water partition coefficient (Wildman–Crippen LogP) is 2.38. The zero-order valence-corrected chi connectivity index (χ0v) is 17.3. The quantitative estimate of drug-likeness (QED) is 0.822. The molecule has 2 heterocycles. The molecule has 0 aliphatic carbocycles. The second kappa shape index (κ2) is 9.19. The van der Waals surface area contributed by atoms with Gasteiger partial charge in [-0.3, -0.25) is 0 Å². The number of nitrogen functional groups attached to an aromatic ring is 1. The van der Waals surface area contributed by atoms with Crippen LogP contribution in [-0.2, 0) is 0 Å². The summed E-state index contributed by atoms with van der Waals surface area (Å²) in [5.74, 6) is 0.263. The van der Waals surface area contributed by atoms with Gasteiger partial charge >= 0.3 is 0 Å². The van der Waals surface area contributed by atoms with Crippen LogP contribution in [0.1, 0.15) is 24.0 Å². The van der Waals surface area contributed by atoms with Crippen molar-refractivity contribution in [2.24, 2.45) is 0 Å². The van der Waals surface area contributed by atoms with E-state index in [0.717, 1.165) is 40.7 Å². The standard InChI is InChI=1S/C14H17N3OS.C6H12FN/c1-8-5-9(2)13(11(18)6-8)17(4)7-12-10(3)16-14(15)19-12;1-8-4-2-3-6(7)5-8/h5-7,18H,3H2,1-2,4H3,(H2,15,16);6H,2-5H2,1H3/b12-7+;/t;6-/m.1/s1. The molecule has 1 aliphatic heterocycles. The van der Waals surface area contributed by atoms with Crippen molar-refractivity contribution in [2.45, 2.75) is 32.9 Å². The average Bonchev–Trinajstić information content (AvgIpc) is 2.84. The third-order valence-electron chi connectivity index (χ3n) is 4.40. The molecule has 1 aromatic carbocycles. The molecule has 5 nitrogen and oxygen atoms in total. The van der Waals surface area contributed by atoms with E-state index in [-0.39, 0.29) is 5.75 Å². The van der Waals surface area contributed by atoms with E-state index in [4.69, 9.17) is 5.73 Å². The molecule has 2 aromatic rings. The van der Waals surface area contributed by atoms with Crippen LogP contribution in [0.5, 0.6) is 5.75 Å². The minimum Gasteiger partial charge on any atom is -0.506 e. The molecule has 1 aliphatic rings. The van der Waals surface area contributed by atoms with Gasteiger partial charge in [0, 0.05) is 19.8 Å². The van der Waals surface area contributed by atoms with Crippen molar-refractivity contribution < 1.29 is 9.50 Å². The summed E-state index contributed by atoms with van der Waals surface area (Å²) in [4.78, 5) is 7.98. The Balaban J connectivity index is 0.000000273. The van der Waals surface area contributed by atoms with Gasteiger partial charge in [-0.2, -0.15) is 0 Å². The van der Waals surface area contributed by atoms with Gasteiger partial charge in [0.15, 0.2) is 5.13 Å². The van der Waals surface area contributed by atoms with Crippen molar-refractivity contribution in [1.82, 2.24) is 9.88 Å². The summed E-state index contributed by atoms with van der Waals surface area (Å²) in [6, 6.07) is 3.78. The van der Waals surface area contributed by atoms with E-state index >= 15 is 0 Å². The molecule has 148 valence electrons. The summed E-state index contributed by atoms with van der Waals surface area (Å²) < 4.78 is 13.3. The number of rotatable bonds is 2. The Labute approximate surface area is 164 Å². The number of aryl methyl sites for hydroxylation is 2. The van der Waals surface area contributed by atoms with Gasteiger partial charge in [0.05, 0.1) is 15.6 Å². The Bertz CT molecular complexity index is 852. The van der Waals surface area contributed by atoms with Crippen molar-refractivity contribution in [3.8, 4) is 5.75 Å². The zero-order chi connectivity index (χ0) is 20.1. The van der Waals surface area contributed by atoms with E-state index in [1.54, 1.807) is 6.07 Å². The Hall–Kier alpha value is -2.12. The molecular formula is C20H29FN4OS. The Morgan fingerprint density at radius 2 is 2.15 bits per heavy atom. The number of phenolic OH excluding ortho intramolecular Hbond substituents is 1. The molecule has 0 unspecified atom stereocenters. The number of nitrogens with zero attached hydrogens (tertiary/aromatic N) is 3. The van der Waals surface area contributed by atoms with Crippen molar-refractivity contribution in [3.63, 3.8) is 0 Å². The number of halogens is 1. The summed E-state index contributed by atoms with van der Waals surface area (Å²) in [7, 11) is 3.85. The first-order valence-electron chi connectivity index (χ1n) is 8.96. The minimum absolute atomic E-state index is 0.263. The molecule has 3 N–H and O–H groups in total. The monoisotopic (exact) mass is 392 g/mol. The van der Waals surface area contributed by atoms with E-state index < -0.39 is 6.17 Å². The third-order valence-corrected chi connectivity index (χ3v) is 5.26. The maximum absolute atomic E-state index is 12.4. The molecule has 3 rings (SSSR count). The summed E-state index contributed by atoms with van der Waals surface area (Å²) >= 11 is 1.38. The van der Waals surface area contributed by atoms with Crippen LogP contribution < -0.4 is 20.5 Å². The normalized spacial score (nSPS) is 18.1. The highest BCUT2D eigenvalue weighted by Gasteiger charge is 2.14. The van der Waals surface area contributed by atoms with Crippen LogP contribution in [0.4, 0.5) is 15.2 Å². The van der Waals surface area contributed by atoms with Gasteiger partial charge in [-0.15, -0.1) is 0 Å². The lowest BCUT2D eigenvalue weighted by Gasteiger charge is -2.24. The van der Waals surface area contributed by atoms with Gasteiger partial charge in [0.25, 0.3) is 0 Å². The fourth-order valence-electron chi connectivity index (χ4n) is 3.22. The number of hydrogen-bond donors (Lipinski definition) is 2. The highest BCUT2D eigenvalue weighted by atomic mass is 32.1. The topological polar surface area (TPSA) is 65.6 Å². The van der Waals surface area contributed by atoms with Crippen molar-refractivity contribution in [3.05, 3.63) is 33.1 Å². The highest BCUT2D eigenvalue weighted by molar-refractivity contribution is 7.13. The number of likely N-dealkylation sites (tertiary alicyclic amines) is 1. The van der Waals surface area contributed by atoms with Crippen molar-refractivity contribution >= 4 is 34.9 Å². The molecule has 1 aromatic heterocycles. The number of phenols is 1. The summed E-state index contributed by atoms with van der Waals surface area (Å²) in [5.41, 5.74) is 8.48. The van der Waals surface area contributed by atoms with Crippen LogP contribution in [0.15, 0.2) is 12.1 Å². The van der Waals surface area contributed by atoms with Crippen LogP contribution in [0, 0.1) is 13.8 Å². The first kappa shape index (κ1) is 21.2. The van der Waals surface area contributed by atoms with Gasteiger partial charge in [0.1, 0.15) is 11.9 Å². The van der Waals surface area contributed by atoms with E-state index in [1.165, 1.54) is 11.3 Å². The number of thiazole rings is 1. The van der Waals surface area contributed by atoms with Gasteiger partial charge in [-0.05, 0) is 57.5 Å². The Morgan fingerprint density at radius 3 is 2.63 bits per heavy atom. The number of aromatic nitrogens is 1. The van der Waals surface area contributed by atoms with Crippen LogP contribution >= 0.6 is 11.3 Å². The van der Waals surface area contributed by atoms with E-state index in [1.807, 2.05) is 50.0 Å². The molecule has 1 fully saturated rings. The van der Waals surface area contributed by atoms with Gasteiger partial charge in [0.2, 0.25) is 0 Å². The van der Waals surface area contributed by atoms with Crippen LogP contribution in [0.2, 0.25) is 0 Å². The Kier molecular flexibility index (Phi) is 7.21. The number of aromatic hydroxyl groups is 1. The molecule has 1 atom stereocenters. The van der Waals surface area contributed by atoms with Gasteiger partial charge < -0.3 is 20.6 Å². The minimum atomic E-state index is -0.561. The number of anilines is 2. The van der Waals surface area contributed by atoms with E-state index in [0.29, 0.717) is 17.0 Å². The second-order valence-corrected chi connectivity index (χ2v) is 8.12. The highest BCUT2D eigenvalue weighted by Crippen LogP contribution is 2.31. The fourth-order valence-corrected chi connectivity index (χ4v) is 3.98. The largest absolute Gasteiger partial charge is 0.506 e. The molecule has 0 spiro atoms. The lowest BCUT2D eigenvalue weighted by atomic mass is 10.1. The van der Waals surface area contributed by atoms with Crippen molar-refractivity contribution in [1.29, 1.82) is 0 Å². The van der Waals surface area contributed by atoms with E-state index in [2.05, 4.69) is 11.6 Å². The SMILES string of the molecule is C=c1nc(N)s/c1=C/N(C)c1c(C)cc(C)cc1O.CN1CCC[C@@H](F)C1.